The topological polar surface area (TPSA) is 84.7 Å². The Hall–Kier alpha value is -2.28. The molecule has 0 radical (unpaired) electrons. The van der Waals surface area contributed by atoms with Crippen molar-refractivity contribution in [3.8, 4) is 0 Å². The molecule has 3 heterocycles. The van der Waals surface area contributed by atoms with Gasteiger partial charge >= 0.3 is 0 Å². The van der Waals surface area contributed by atoms with Crippen LogP contribution in [0.25, 0.3) is 0 Å². The minimum atomic E-state index is -0.253. The number of aromatic nitrogens is 4. The van der Waals surface area contributed by atoms with Crippen molar-refractivity contribution in [3.05, 3.63) is 36.4 Å². The van der Waals surface area contributed by atoms with Gasteiger partial charge < -0.3 is 10.6 Å². The Kier molecular flexibility index (Phi) is 3.69. The average molecular weight is 272 g/mol. The van der Waals surface area contributed by atoms with Crippen molar-refractivity contribution in [1.82, 2.24) is 25.3 Å². The van der Waals surface area contributed by atoms with Gasteiger partial charge in [0.2, 0.25) is 0 Å². The number of hydrogen-bond acceptors (Lipinski definition) is 5. The van der Waals surface area contributed by atoms with Crippen LogP contribution in [0.2, 0.25) is 0 Å². The lowest BCUT2D eigenvalue weighted by molar-refractivity contribution is 0.102. The van der Waals surface area contributed by atoms with Gasteiger partial charge in [0.15, 0.2) is 5.69 Å². The molecule has 2 N–H and O–H groups in total. The van der Waals surface area contributed by atoms with Crippen molar-refractivity contribution in [2.75, 3.05) is 18.4 Å². The first-order valence-corrected chi connectivity index (χ1v) is 6.67. The van der Waals surface area contributed by atoms with E-state index < -0.39 is 0 Å². The Bertz CT molecular complexity index is 576. The van der Waals surface area contributed by atoms with E-state index in [2.05, 4.69) is 25.9 Å². The van der Waals surface area contributed by atoms with Crippen molar-refractivity contribution in [1.29, 1.82) is 0 Å². The van der Waals surface area contributed by atoms with Gasteiger partial charge in [0, 0.05) is 18.1 Å². The van der Waals surface area contributed by atoms with E-state index in [-0.39, 0.29) is 5.91 Å². The summed E-state index contributed by atoms with van der Waals surface area (Å²) in [6, 6.07) is 3.79. The summed E-state index contributed by atoms with van der Waals surface area (Å²) in [7, 11) is 0. The van der Waals surface area contributed by atoms with E-state index in [1.807, 2.05) is 0 Å². The molecule has 0 atom stereocenters. The van der Waals surface area contributed by atoms with Crippen LogP contribution in [0.5, 0.6) is 0 Å². The van der Waals surface area contributed by atoms with Crippen LogP contribution in [0, 0.1) is 0 Å². The predicted molar refractivity (Wildman–Crippen MR) is 73.4 cm³/mol. The Morgan fingerprint density at radius 3 is 2.80 bits per heavy atom. The smallest absolute Gasteiger partial charge is 0.277 e. The number of pyridine rings is 1. The molecule has 7 nitrogen and oxygen atoms in total. The lowest BCUT2D eigenvalue weighted by atomic mass is 10.1. The van der Waals surface area contributed by atoms with Crippen molar-refractivity contribution in [2.24, 2.45) is 0 Å². The molecule has 1 amide bonds. The molecule has 0 aliphatic carbocycles. The Morgan fingerprint density at radius 1 is 1.30 bits per heavy atom. The number of amides is 1. The van der Waals surface area contributed by atoms with Crippen LogP contribution in [0.15, 0.2) is 30.7 Å². The van der Waals surface area contributed by atoms with Crippen LogP contribution in [0.4, 0.5) is 5.69 Å². The minimum Gasteiger partial charge on any atom is -0.320 e. The second kappa shape index (κ2) is 5.79. The molecule has 1 fully saturated rings. The molecule has 1 aliphatic heterocycles. The fourth-order valence-corrected chi connectivity index (χ4v) is 2.26. The van der Waals surface area contributed by atoms with Gasteiger partial charge in [-0.25, -0.2) is 4.68 Å². The van der Waals surface area contributed by atoms with Gasteiger partial charge in [0.1, 0.15) is 0 Å². The fraction of sp³-hybridized carbons (Fsp3) is 0.385. The van der Waals surface area contributed by atoms with E-state index in [0.29, 0.717) is 17.4 Å². The van der Waals surface area contributed by atoms with Crippen LogP contribution < -0.4 is 10.6 Å². The molecule has 104 valence electrons. The molecular weight excluding hydrogens is 256 g/mol. The largest absolute Gasteiger partial charge is 0.320 e. The minimum absolute atomic E-state index is 0.253. The van der Waals surface area contributed by atoms with E-state index in [0.717, 1.165) is 25.9 Å². The molecule has 7 heteroatoms. The Labute approximate surface area is 116 Å². The second-order valence-corrected chi connectivity index (χ2v) is 4.75. The van der Waals surface area contributed by atoms with Crippen LogP contribution in [-0.2, 0) is 0 Å². The number of hydrogen-bond donors (Lipinski definition) is 2. The van der Waals surface area contributed by atoms with Gasteiger partial charge in [0.25, 0.3) is 5.91 Å². The summed E-state index contributed by atoms with van der Waals surface area (Å²) >= 11 is 0. The van der Waals surface area contributed by atoms with E-state index in [4.69, 9.17) is 0 Å². The van der Waals surface area contributed by atoms with Crippen LogP contribution in [0.1, 0.15) is 29.4 Å². The van der Waals surface area contributed by atoms with E-state index in [1.54, 1.807) is 35.4 Å². The molecule has 3 rings (SSSR count). The van der Waals surface area contributed by atoms with Crippen molar-refractivity contribution >= 4 is 11.6 Å². The summed E-state index contributed by atoms with van der Waals surface area (Å²) in [6.07, 6.45) is 6.99. The van der Waals surface area contributed by atoms with Gasteiger partial charge in [0.05, 0.1) is 12.2 Å². The first kappa shape index (κ1) is 12.7. The highest BCUT2D eigenvalue weighted by atomic mass is 16.2. The Morgan fingerprint density at radius 2 is 2.05 bits per heavy atom. The molecule has 1 aliphatic rings. The molecule has 1 saturated heterocycles. The van der Waals surface area contributed by atoms with Crippen molar-refractivity contribution < 1.29 is 4.79 Å². The molecule has 0 bridgehead atoms. The number of carbonyl (C=O) groups excluding carboxylic acids is 1. The highest BCUT2D eigenvalue weighted by Crippen LogP contribution is 2.17. The first-order chi connectivity index (χ1) is 9.83. The van der Waals surface area contributed by atoms with Gasteiger partial charge in [-0.15, -0.1) is 5.10 Å². The average Bonchev–Trinajstić information content (AvgIpc) is 2.99. The number of nitrogens with one attached hydrogen (secondary N) is 2. The maximum Gasteiger partial charge on any atom is 0.277 e. The molecule has 0 spiro atoms. The molecule has 0 aromatic carbocycles. The van der Waals surface area contributed by atoms with Gasteiger partial charge in [-0.3, -0.25) is 9.78 Å². The number of piperidine rings is 1. The predicted octanol–water partition coefficient (Wildman–Crippen LogP) is 0.850. The maximum atomic E-state index is 12.1. The zero-order valence-electron chi connectivity index (χ0n) is 11.0. The monoisotopic (exact) mass is 272 g/mol. The van der Waals surface area contributed by atoms with Crippen LogP contribution in [-0.4, -0.2) is 39.0 Å². The van der Waals surface area contributed by atoms with E-state index in [9.17, 15) is 4.79 Å². The molecule has 20 heavy (non-hydrogen) atoms. The maximum absolute atomic E-state index is 12.1. The second-order valence-electron chi connectivity index (χ2n) is 4.75. The third-order valence-electron chi connectivity index (χ3n) is 3.36. The van der Waals surface area contributed by atoms with Gasteiger partial charge in [-0.05, 0) is 38.1 Å². The quantitative estimate of drug-likeness (QED) is 0.865. The number of carbonyl (C=O) groups is 1. The third kappa shape index (κ3) is 2.83. The highest BCUT2D eigenvalue weighted by Gasteiger charge is 2.18. The highest BCUT2D eigenvalue weighted by molar-refractivity contribution is 6.02. The lowest BCUT2D eigenvalue weighted by Crippen LogP contribution is -2.29. The van der Waals surface area contributed by atoms with Gasteiger partial charge in [-0.2, -0.15) is 0 Å². The summed E-state index contributed by atoms with van der Waals surface area (Å²) in [5.41, 5.74) is 1.03. The third-order valence-corrected chi connectivity index (χ3v) is 3.36. The lowest BCUT2D eigenvalue weighted by Gasteiger charge is -2.22. The van der Waals surface area contributed by atoms with Crippen LogP contribution in [0.3, 0.4) is 0 Å². The summed E-state index contributed by atoms with van der Waals surface area (Å²) in [4.78, 5) is 16.0. The molecule has 0 unspecified atom stereocenters. The van der Waals surface area contributed by atoms with Gasteiger partial charge in [-0.1, -0.05) is 5.21 Å². The van der Waals surface area contributed by atoms with E-state index in [1.165, 1.54) is 0 Å². The molecule has 2 aromatic heterocycles. The van der Waals surface area contributed by atoms with E-state index >= 15 is 0 Å². The summed E-state index contributed by atoms with van der Waals surface area (Å²) in [5.74, 6) is -0.253. The summed E-state index contributed by atoms with van der Waals surface area (Å²) in [5, 5.41) is 14.1. The molecular formula is C13H16N6O. The SMILES string of the molecule is O=C(Nc1ccncc1)c1cn(C2CCNCC2)nn1. The molecule has 0 saturated carbocycles. The fourth-order valence-electron chi connectivity index (χ4n) is 2.26. The van der Waals surface area contributed by atoms with Crippen molar-refractivity contribution in [2.45, 2.75) is 18.9 Å². The number of rotatable bonds is 3. The Balaban J connectivity index is 1.68. The van der Waals surface area contributed by atoms with Crippen LogP contribution >= 0.6 is 0 Å². The number of nitrogens with zero attached hydrogens (tertiary/aromatic N) is 4. The zero-order chi connectivity index (χ0) is 13.8. The summed E-state index contributed by atoms with van der Waals surface area (Å²) in [6.45, 7) is 1.95. The first-order valence-electron chi connectivity index (χ1n) is 6.67. The zero-order valence-corrected chi connectivity index (χ0v) is 11.0. The van der Waals surface area contributed by atoms with Crippen molar-refractivity contribution in [3.63, 3.8) is 0 Å². The normalized spacial score (nSPS) is 16.0. The standard InChI is InChI=1S/C13H16N6O/c20-13(16-10-1-5-14-6-2-10)12-9-19(18-17-12)11-3-7-15-8-4-11/h1-2,5-6,9,11,15H,3-4,7-8H2,(H,14,16,20). The number of anilines is 1. The summed E-state index contributed by atoms with van der Waals surface area (Å²) < 4.78 is 1.79. The molecule has 2 aromatic rings.